The van der Waals surface area contributed by atoms with Crippen LogP contribution >= 0.6 is 21.2 Å². The zero-order chi connectivity index (χ0) is 28.1. The molecule has 0 fully saturated rings. The third-order valence-corrected chi connectivity index (χ3v) is 8.89. The van der Waals surface area contributed by atoms with E-state index in [1.54, 1.807) is 45.5 Å². The SMILES string of the molecule is COc1ccc(CN(C)S(=O)(=O)C[C@](C)(N[S@+]([O-])I)c2cc(NC(=O)c3ccc(F)cn3)ccc2F)cc1. The molecule has 3 aromatic rings. The second-order valence-electron chi connectivity index (χ2n) is 8.53. The number of carbonyl (C=O) groups is 1. The van der Waals surface area contributed by atoms with Crippen LogP contribution in [0.1, 0.15) is 28.5 Å². The smallest absolute Gasteiger partial charge is 0.274 e. The highest BCUT2D eigenvalue weighted by Crippen LogP contribution is 2.31. The van der Waals surface area contributed by atoms with E-state index < -0.39 is 47.4 Å². The molecule has 2 atom stereocenters. The summed E-state index contributed by atoms with van der Waals surface area (Å²) in [6.45, 7) is 1.45. The van der Waals surface area contributed by atoms with Crippen molar-refractivity contribution in [3.8, 4) is 5.75 Å². The average molecular weight is 679 g/mol. The largest absolute Gasteiger partial charge is 0.590 e. The number of rotatable bonds is 11. The molecule has 1 aromatic heterocycles. The molecule has 0 radical (unpaired) electrons. The summed E-state index contributed by atoms with van der Waals surface area (Å²) in [5.41, 5.74) is -1.02. The lowest BCUT2D eigenvalue weighted by Gasteiger charge is -2.31. The lowest BCUT2D eigenvalue weighted by atomic mass is 9.94. The monoisotopic (exact) mass is 678 g/mol. The molecule has 0 aliphatic carbocycles. The summed E-state index contributed by atoms with van der Waals surface area (Å²) in [5.74, 6) is -2.08. The standard InChI is InChI=1S/C24H25F2IN4O5S2/c1-24(30-37(27)33,15-38(34,35)31(2)14-16-4-8-19(36-3)9-5-16)20-12-18(7-10-21(20)26)29-23(32)22-11-6-17(25)13-28-22/h4-13,30H,14-15H2,1-3H3,(H,29,32)/t24-,37+/m0/s1. The van der Waals surface area contributed by atoms with Crippen molar-refractivity contribution in [3.63, 3.8) is 0 Å². The summed E-state index contributed by atoms with van der Waals surface area (Å²) in [7, 11) is -2.87. The summed E-state index contributed by atoms with van der Waals surface area (Å²) in [6.07, 6.45) is 0.884. The molecule has 38 heavy (non-hydrogen) atoms. The van der Waals surface area contributed by atoms with E-state index in [1.807, 2.05) is 0 Å². The number of ether oxygens (including phenoxy) is 1. The van der Waals surface area contributed by atoms with Gasteiger partial charge in [0.05, 0.1) is 19.1 Å². The van der Waals surface area contributed by atoms with Gasteiger partial charge in [0, 0.05) is 24.8 Å². The topological polar surface area (TPSA) is 124 Å². The number of methoxy groups -OCH3 is 1. The third-order valence-electron chi connectivity index (χ3n) is 5.59. The van der Waals surface area contributed by atoms with E-state index in [0.29, 0.717) is 11.3 Å². The molecule has 0 aliphatic heterocycles. The number of benzene rings is 2. The molecule has 14 heteroatoms. The van der Waals surface area contributed by atoms with Crippen LogP contribution in [0, 0.1) is 11.6 Å². The highest BCUT2D eigenvalue weighted by molar-refractivity contribution is 14.2. The first-order valence-corrected chi connectivity index (χ1v) is 16.3. The maximum Gasteiger partial charge on any atom is 0.274 e. The first-order chi connectivity index (χ1) is 17.8. The molecule has 0 spiro atoms. The molecule has 1 amide bonds. The van der Waals surface area contributed by atoms with Crippen molar-refractivity contribution in [2.75, 3.05) is 25.2 Å². The maximum absolute atomic E-state index is 15.1. The molecule has 3 rings (SSSR count). The molecular formula is C24H25F2IN4O5S2. The molecule has 1 heterocycles. The Morgan fingerprint density at radius 2 is 1.87 bits per heavy atom. The molecule has 204 valence electrons. The van der Waals surface area contributed by atoms with Crippen LogP contribution in [0.5, 0.6) is 5.75 Å². The van der Waals surface area contributed by atoms with E-state index in [9.17, 15) is 22.2 Å². The van der Waals surface area contributed by atoms with Gasteiger partial charge in [-0.15, -0.1) is 4.72 Å². The van der Waals surface area contributed by atoms with E-state index in [-0.39, 0.29) is 23.5 Å². The quantitative estimate of drug-likeness (QED) is 0.233. The van der Waals surface area contributed by atoms with Crippen LogP contribution < -0.4 is 14.8 Å². The van der Waals surface area contributed by atoms with Crippen LogP contribution in [0.4, 0.5) is 14.5 Å². The second-order valence-corrected chi connectivity index (χ2v) is 13.7. The van der Waals surface area contributed by atoms with E-state index >= 15 is 4.39 Å². The third kappa shape index (κ3) is 7.83. The number of nitrogens with zero attached hydrogens (tertiary/aromatic N) is 2. The van der Waals surface area contributed by atoms with E-state index in [2.05, 4.69) is 15.0 Å². The van der Waals surface area contributed by atoms with Gasteiger partial charge in [0.1, 0.15) is 37.1 Å². The molecule has 0 saturated heterocycles. The van der Waals surface area contributed by atoms with Crippen LogP contribution in [0.25, 0.3) is 0 Å². The van der Waals surface area contributed by atoms with Crippen molar-refractivity contribution in [2.45, 2.75) is 19.0 Å². The van der Waals surface area contributed by atoms with Gasteiger partial charge in [-0.3, -0.25) is 4.79 Å². The molecule has 0 saturated carbocycles. The molecule has 9 nitrogen and oxygen atoms in total. The van der Waals surface area contributed by atoms with Gasteiger partial charge in [-0.1, -0.05) is 12.1 Å². The highest BCUT2D eigenvalue weighted by Gasteiger charge is 2.40. The van der Waals surface area contributed by atoms with Crippen molar-refractivity contribution < 1.29 is 31.3 Å². The lowest BCUT2D eigenvalue weighted by Crippen LogP contribution is -2.49. The average Bonchev–Trinajstić information content (AvgIpc) is 2.85. The van der Waals surface area contributed by atoms with Gasteiger partial charge in [0.2, 0.25) is 10.0 Å². The van der Waals surface area contributed by atoms with Gasteiger partial charge in [-0.25, -0.2) is 26.5 Å². The molecular weight excluding hydrogens is 653 g/mol. The Morgan fingerprint density at radius 1 is 1.18 bits per heavy atom. The predicted octanol–water partition coefficient (Wildman–Crippen LogP) is 3.90. The number of hydrogen-bond donors (Lipinski definition) is 2. The fraction of sp³-hybridized carbons (Fsp3) is 0.250. The molecule has 0 aliphatic rings. The van der Waals surface area contributed by atoms with Crippen molar-refractivity contribution >= 4 is 51.4 Å². The Kier molecular flexibility index (Phi) is 10.0. The normalized spacial score (nSPS) is 14.1. The lowest BCUT2D eigenvalue weighted by molar-refractivity contribution is 0.102. The zero-order valence-corrected chi connectivity index (χ0v) is 24.4. The zero-order valence-electron chi connectivity index (χ0n) is 20.6. The first kappa shape index (κ1) is 30.2. The van der Waals surface area contributed by atoms with Crippen molar-refractivity contribution in [1.82, 2.24) is 14.0 Å². The van der Waals surface area contributed by atoms with Gasteiger partial charge >= 0.3 is 0 Å². The number of halogens is 3. The Morgan fingerprint density at radius 3 is 2.45 bits per heavy atom. The van der Waals surface area contributed by atoms with E-state index in [1.165, 1.54) is 39.3 Å². The summed E-state index contributed by atoms with van der Waals surface area (Å²) >= 11 is 1.55. The van der Waals surface area contributed by atoms with Gasteiger partial charge in [-0.05, 0) is 55.0 Å². The number of hydrogen-bond acceptors (Lipinski definition) is 7. The molecule has 2 N–H and O–H groups in total. The minimum absolute atomic E-state index is 0.0407. The van der Waals surface area contributed by atoms with Crippen molar-refractivity contribution in [3.05, 3.63) is 89.2 Å². The number of anilines is 1. The van der Waals surface area contributed by atoms with Gasteiger partial charge in [-0.2, -0.15) is 0 Å². The maximum atomic E-state index is 15.1. The first-order valence-electron chi connectivity index (χ1n) is 11.0. The number of amides is 1. The number of pyridine rings is 1. The molecule has 2 aromatic carbocycles. The van der Waals surface area contributed by atoms with Crippen LogP contribution in [0.2, 0.25) is 0 Å². The van der Waals surface area contributed by atoms with Crippen molar-refractivity contribution in [1.29, 1.82) is 0 Å². The Hall–Kier alpha value is -2.37. The number of carbonyl (C=O) groups excluding carboxylic acids is 1. The van der Waals surface area contributed by atoms with Gasteiger partial charge in [0.15, 0.2) is 0 Å². The minimum atomic E-state index is -4.02. The summed E-state index contributed by atoms with van der Waals surface area (Å²) in [5, 5.41) is 2.53. The fourth-order valence-electron chi connectivity index (χ4n) is 3.63. The number of sulfonamides is 1. The Balaban J connectivity index is 1.88. The van der Waals surface area contributed by atoms with Crippen molar-refractivity contribution in [2.24, 2.45) is 0 Å². The predicted molar refractivity (Wildman–Crippen MR) is 149 cm³/mol. The summed E-state index contributed by atoms with van der Waals surface area (Å²) < 4.78 is 76.0. The summed E-state index contributed by atoms with van der Waals surface area (Å²) in [6, 6.07) is 12.7. The van der Waals surface area contributed by atoms with Gasteiger partial charge < -0.3 is 14.6 Å². The Labute approximate surface area is 234 Å². The molecule has 0 bridgehead atoms. The minimum Gasteiger partial charge on any atom is -0.590 e. The van der Waals surface area contributed by atoms with Crippen LogP contribution in [0.15, 0.2) is 60.8 Å². The van der Waals surface area contributed by atoms with E-state index in [0.717, 1.165) is 22.6 Å². The molecule has 0 unspecified atom stereocenters. The summed E-state index contributed by atoms with van der Waals surface area (Å²) in [4.78, 5) is 16.2. The van der Waals surface area contributed by atoms with Crippen LogP contribution in [-0.2, 0) is 30.6 Å². The van der Waals surface area contributed by atoms with Crippen LogP contribution in [-0.4, -0.2) is 48.1 Å². The van der Waals surface area contributed by atoms with Crippen LogP contribution in [0.3, 0.4) is 0 Å². The second kappa shape index (κ2) is 12.7. The number of aromatic nitrogens is 1. The highest BCUT2D eigenvalue weighted by atomic mass is 127. The fourth-order valence-corrected chi connectivity index (χ4v) is 7.24. The van der Waals surface area contributed by atoms with E-state index in [4.69, 9.17) is 4.74 Å². The number of nitrogens with one attached hydrogen (secondary N) is 2. The Bertz CT molecular complexity index is 1380. The van der Waals surface area contributed by atoms with Gasteiger partial charge in [0.25, 0.3) is 27.1 Å².